The van der Waals surface area contributed by atoms with Gasteiger partial charge in [-0.05, 0) is 30.7 Å². The number of benzene rings is 2. The summed E-state index contributed by atoms with van der Waals surface area (Å²) >= 11 is 5.92. The fourth-order valence-electron chi connectivity index (χ4n) is 2.07. The number of carbonyl (C=O) groups is 1. The van der Waals surface area contributed by atoms with Crippen molar-refractivity contribution in [3.05, 3.63) is 64.7 Å². The monoisotopic (exact) mass is 304 g/mol. The van der Waals surface area contributed by atoms with Crippen LogP contribution < -0.4 is 4.74 Å². The normalized spacial score (nSPS) is 11.8. The summed E-state index contributed by atoms with van der Waals surface area (Å²) in [6, 6.07) is 14.8. The van der Waals surface area contributed by atoms with E-state index in [1.165, 1.54) is 7.11 Å². The van der Waals surface area contributed by atoms with Crippen LogP contribution in [-0.2, 0) is 9.53 Å². The predicted molar refractivity (Wildman–Crippen MR) is 82.9 cm³/mol. The number of esters is 1. The van der Waals surface area contributed by atoms with Crippen molar-refractivity contribution in [1.82, 2.24) is 0 Å². The minimum Gasteiger partial charge on any atom is -0.492 e. The first-order valence-electron chi connectivity index (χ1n) is 6.63. The van der Waals surface area contributed by atoms with Gasteiger partial charge in [0, 0.05) is 5.02 Å². The highest BCUT2D eigenvalue weighted by Crippen LogP contribution is 2.22. The van der Waals surface area contributed by atoms with E-state index in [4.69, 9.17) is 21.1 Å². The van der Waals surface area contributed by atoms with E-state index in [0.717, 1.165) is 11.1 Å². The SMILES string of the molecule is COC(=O)C(COc1cccc(Cl)c1)c1cccc(C)c1. The van der Waals surface area contributed by atoms with E-state index < -0.39 is 5.92 Å². The molecule has 21 heavy (non-hydrogen) atoms. The summed E-state index contributed by atoms with van der Waals surface area (Å²) in [5.74, 6) is -0.152. The van der Waals surface area contributed by atoms with Gasteiger partial charge < -0.3 is 9.47 Å². The van der Waals surface area contributed by atoms with Gasteiger partial charge >= 0.3 is 5.97 Å². The van der Waals surface area contributed by atoms with Crippen molar-refractivity contribution < 1.29 is 14.3 Å². The fraction of sp³-hybridized carbons (Fsp3) is 0.235. The lowest BCUT2D eigenvalue weighted by atomic mass is 9.98. The number of rotatable bonds is 5. The van der Waals surface area contributed by atoms with E-state index in [9.17, 15) is 4.79 Å². The molecular weight excluding hydrogens is 288 g/mol. The Morgan fingerprint density at radius 2 is 1.95 bits per heavy atom. The van der Waals surface area contributed by atoms with Crippen LogP contribution in [0.3, 0.4) is 0 Å². The van der Waals surface area contributed by atoms with Gasteiger partial charge in [0.15, 0.2) is 0 Å². The van der Waals surface area contributed by atoms with Crippen LogP contribution in [0.4, 0.5) is 0 Å². The van der Waals surface area contributed by atoms with E-state index in [2.05, 4.69) is 0 Å². The molecule has 0 aliphatic heterocycles. The first kappa shape index (κ1) is 15.4. The van der Waals surface area contributed by atoms with Crippen LogP contribution in [0.2, 0.25) is 5.02 Å². The first-order chi connectivity index (χ1) is 10.1. The van der Waals surface area contributed by atoms with E-state index in [-0.39, 0.29) is 12.6 Å². The molecule has 110 valence electrons. The van der Waals surface area contributed by atoms with Gasteiger partial charge in [-0.2, -0.15) is 0 Å². The molecule has 0 aromatic heterocycles. The van der Waals surface area contributed by atoms with Crippen LogP contribution >= 0.6 is 11.6 Å². The molecule has 0 heterocycles. The molecule has 0 saturated heterocycles. The molecule has 0 aliphatic rings. The molecular formula is C17H17ClO3. The summed E-state index contributed by atoms with van der Waals surface area (Å²) in [5.41, 5.74) is 1.97. The number of hydrogen-bond donors (Lipinski definition) is 0. The molecule has 0 fully saturated rings. The van der Waals surface area contributed by atoms with Crippen molar-refractivity contribution in [2.75, 3.05) is 13.7 Å². The largest absolute Gasteiger partial charge is 0.492 e. The van der Waals surface area contributed by atoms with Gasteiger partial charge in [-0.25, -0.2) is 0 Å². The average Bonchev–Trinajstić information content (AvgIpc) is 2.47. The van der Waals surface area contributed by atoms with E-state index in [1.54, 1.807) is 24.3 Å². The molecule has 3 nitrogen and oxygen atoms in total. The van der Waals surface area contributed by atoms with Gasteiger partial charge in [0.1, 0.15) is 18.3 Å². The lowest BCUT2D eigenvalue weighted by Gasteiger charge is -2.16. The third-order valence-corrected chi connectivity index (χ3v) is 3.38. The van der Waals surface area contributed by atoms with Gasteiger partial charge in [-0.15, -0.1) is 0 Å². The lowest BCUT2D eigenvalue weighted by Crippen LogP contribution is -2.21. The summed E-state index contributed by atoms with van der Waals surface area (Å²) in [7, 11) is 1.38. The Balaban J connectivity index is 2.16. The Bertz CT molecular complexity index is 625. The van der Waals surface area contributed by atoms with Crippen LogP contribution in [-0.4, -0.2) is 19.7 Å². The highest BCUT2D eigenvalue weighted by Gasteiger charge is 2.22. The van der Waals surface area contributed by atoms with Crippen molar-refractivity contribution in [2.45, 2.75) is 12.8 Å². The molecule has 0 saturated carbocycles. The molecule has 1 unspecified atom stereocenters. The van der Waals surface area contributed by atoms with Crippen LogP contribution in [0.25, 0.3) is 0 Å². The van der Waals surface area contributed by atoms with Crippen LogP contribution in [0.15, 0.2) is 48.5 Å². The van der Waals surface area contributed by atoms with Gasteiger partial charge in [0.25, 0.3) is 0 Å². The smallest absolute Gasteiger partial charge is 0.316 e. The molecule has 0 bridgehead atoms. The second-order valence-corrected chi connectivity index (χ2v) is 5.19. The summed E-state index contributed by atoms with van der Waals surface area (Å²) in [6.45, 7) is 2.19. The van der Waals surface area contributed by atoms with Crippen molar-refractivity contribution >= 4 is 17.6 Å². The van der Waals surface area contributed by atoms with Gasteiger partial charge in [0.05, 0.1) is 7.11 Å². The maximum Gasteiger partial charge on any atom is 0.316 e. The summed E-state index contributed by atoms with van der Waals surface area (Å²) in [5, 5.41) is 0.595. The van der Waals surface area contributed by atoms with Crippen LogP contribution in [0.1, 0.15) is 17.0 Å². The molecule has 0 amide bonds. The highest BCUT2D eigenvalue weighted by atomic mass is 35.5. The predicted octanol–water partition coefficient (Wildman–Crippen LogP) is 3.98. The zero-order valence-electron chi connectivity index (χ0n) is 12.0. The lowest BCUT2D eigenvalue weighted by molar-refractivity contribution is -0.143. The molecule has 1 atom stereocenters. The second-order valence-electron chi connectivity index (χ2n) is 4.76. The molecule has 0 N–H and O–H groups in total. The fourth-order valence-corrected chi connectivity index (χ4v) is 2.25. The van der Waals surface area contributed by atoms with Gasteiger partial charge in [0.2, 0.25) is 0 Å². The number of ether oxygens (including phenoxy) is 2. The average molecular weight is 305 g/mol. The number of carbonyl (C=O) groups excluding carboxylic acids is 1. The molecule has 2 aromatic rings. The van der Waals surface area contributed by atoms with E-state index in [0.29, 0.717) is 10.8 Å². The molecule has 2 aromatic carbocycles. The standard InChI is InChI=1S/C17H17ClO3/c1-12-5-3-6-13(9-12)16(17(19)20-2)11-21-15-8-4-7-14(18)10-15/h3-10,16H,11H2,1-2H3. The van der Waals surface area contributed by atoms with E-state index in [1.807, 2.05) is 31.2 Å². The zero-order chi connectivity index (χ0) is 15.2. The molecule has 0 spiro atoms. The quantitative estimate of drug-likeness (QED) is 0.784. The number of halogens is 1. The Morgan fingerprint density at radius 3 is 2.62 bits per heavy atom. The summed E-state index contributed by atoms with van der Waals surface area (Å²) in [4.78, 5) is 12.0. The van der Waals surface area contributed by atoms with Gasteiger partial charge in [-0.1, -0.05) is 47.5 Å². The number of methoxy groups -OCH3 is 1. The van der Waals surface area contributed by atoms with Gasteiger partial charge in [-0.3, -0.25) is 4.79 Å². The molecule has 0 aliphatic carbocycles. The van der Waals surface area contributed by atoms with Crippen LogP contribution in [0, 0.1) is 6.92 Å². The van der Waals surface area contributed by atoms with Crippen molar-refractivity contribution in [1.29, 1.82) is 0 Å². The number of aryl methyl sites for hydroxylation is 1. The second kappa shape index (κ2) is 7.14. The summed E-state index contributed by atoms with van der Waals surface area (Å²) < 4.78 is 10.6. The summed E-state index contributed by atoms with van der Waals surface area (Å²) in [6.07, 6.45) is 0. The Labute approximate surface area is 129 Å². The van der Waals surface area contributed by atoms with Crippen molar-refractivity contribution in [3.8, 4) is 5.75 Å². The Morgan fingerprint density at radius 1 is 1.19 bits per heavy atom. The minimum atomic E-state index is -0.464. The Kier molecular flexibility index (Phi) is 5.23. The zero-order valence-corrected chi connectivity index (χ0v) is 12.8. The maximum absolute atomic E-state index is 12.0. The van der Waals surface area contributed by atoms with Crippen molar-refractivity contribution in [3.63, 3.8) is 0 Å². The number of hydrogen-bond acceptors (Lipinski definition) is 3. The van der Waals surface area contributed by atoms with Crippen LogP contribution in [0.5, 0.6) is 5.75 Å². The highest BCUT2D eigenvalue weighted by molar-refractivity contribution is 6.30. The Hall–Kier alpha value is -2.00. The topological polar surface area (TPSA) is 35.5 Å². The maximum atomic E-state index is 12.0. The molecule has 0 radical (unpaired) electrons. The molecule has 2 rings (SSSR count). The third kappa shape index (κ3) is 4.23. The minimum absolute atomic E-state index is 0.205. The first-order valence-corrected chi connectivity index (χ1v) is 7.00. The molecule has 4 heteroatoms. The third-order valence-electron chi connectivity index (χ3n) is 3.14. The van der Waals surface area contributed by atoms with E-state index >= 15 is 0 Å². The van der Waals surface area contributed by atoms with Crippen molar-refractivity contribution in [2.24, 2.45) is 0 Å².